The van der Waals surface area contributed by atoms with Crippen molar-refractivity contribution >= 4 is 42.8 Å². The number of allylic oxidation sites excluding steroid dienone is 2. The van der Waals surface area contributed by atoms with Crippen LogP contribution in [0.4, 0.5) is 4.79 Å². The molecular weight excluding hydrogens is 675 g/mol. The lowest BCUT2D eigenvalue weighted by Gasteiger charge is -2.40. The van der Waals surface area contributed by atoms with Gasteiger partial charge in [-0.25, -0.2) is 14.6 Å². The van der Waals surface area contributed by atoms with Gasteiger partial charge in [-0.2, -0.15) is 5.10 Å². The van der Waals surface area contributed by atoms with E-state index in [1.807, 2.05) is 32.9 Å². The summed E-state index contributed by atoms with van der Waals surface area (Å²) >= 11 is 1.31. The van der Waals surface area contributed by atoms with Crippen molar-refractivity contribution in [2.75, 3.05) is 26.7 Å². The van der Waals surface area contributed by atoms with Crippen LogP contribution >= 0.6 is 11.3 Å². The van der Waals surface area contributed by atoms with Gasteiger partial charge in [0.1, 0.15) is 16.3 Å². The number of hydrogen-bond donors (Lipinski definition) is 5. The van der Waals surface area contributed by atoms with E-state index in [9.17, 15) is 24.3 Å². The fraction of sp³-hybridized carbons (Fsp3) is 0.412. The fourth-order valence-corrected chi connectivity index (χ4v) is 6.55. The number of amides is 3. The predicted octanol–water partition coefficient (Wildman–Crippen LogP) is 3.16. The third kappa shape index (κ3) is 10.2. The molecule has 1 aliphatic heterocycles. The first-order valence-electron chi connectivity index (χ1n) is 16.6. The molecule has 3 heterocycles. The van der Waals surface area contributed by atoms with Crippen LogP contribution in [0.2, 0.25) is 0 Å². The van der Waals surface area contributed by atoms with Gasteiger partial charge in [0.05, 0.1) is 29.9 Å². The van der Waals surface area contributed by atoms with Gasteiger partial charge in [0, 0.05) is 67.7 Å². The topological polar surface area (TPSA) is 189 Å². The molecule has 17 heteroatoms. The molecule has 1 fully saturated rings. The summed E-state index contributed by atoms with van der Waals surface area (Å²) in [6.07, 6.45) is 9.05. The molecule has 1 aliphatic carbocycles. The van der Waals surface area contributed by atoms with Crippen LogP contribution in [0, 0.1) is 0 Å². The lowest BCUT2D eigenvalue weighted by Crippen LogP contribution is -2.52. The van der Waals surface area contributed by atoms with Gasteiger partial charge in [0.25, 0.3) is 11.8 Å². The van der Waals surface area contributed by atoms with Crippen LogP contribution in [0.15, 0.2) is 65.6 Å². The number of alkyl carbamates (subject to hydrolysis) is 1. The summed E-state index contributed by atoms with van der Waals surface area (Å²) < 4.78 is 12.2. The number of likely N-dealkylation sites (tertiary alicyclic amines) is 1. The van der Waals surface area contributed by atoms with E-state index in [-0.39, 0.29) is 41.4 Å². The average Bonchev–Trinajstić information content (AvgIpc) is 3.77. The monoisotopic (exact) mass is 717 g/mol. The van der Waals surface area contributed by atoms with E-state index in [1.54, 1.807) is 41.7 Å². The molecule has 2 atom stereocenters. The summed E-state index contributed by atoms with van der Waals surface area (Å²) in [6.45, 7) is 7.39. The Morgan fingerprint density at radius 1 is 1.10 bits per heavy atom. The molecule has 5 rings (SSSR count). The standard InChI is InChI=1S/C34H42BN8O7S/c1-34(2,3)50-33(48)38-23-8-7-14-42(19-23)28-12-11-22(41-35-49-4)16-26(28)39-30(45)27-20-51-31(40-27)21-17-37-43(18-21)15-13-36-29(44)24-9-5-6-10-25(24)32(46)47/h5-6,9-12,17-18,20,23,26,41H,7-8,13-16,19H2,1-4H3,(H,36,44)(H,38,48)(H,39,45)(H,46,47)/t23-,26?/m1/s1. The lowest BCUT2D eigenvalue weighted by molar-refractivity contribution is 0.0478. The minimum Gasteiger partial charge on any atom is -0.478 e. The number of rotatable bonds is 13. The van der Waals surface area contributed by atoms with Gasteiger partial charge < -0.3 is 40.6 Å². The summed E-state index contributed by atoms with van der Waals surface area (Å²) in [5, 5.41) is 28.0. The zero-order chi connectivity index (χ0) is 36.5. The van der Waals surface area contributed by atoms with Crippen LogP contribution in [0.3, 0.4) is 0 Å². The van der Waals surface area contributed by atoms with Gasteiger partial charge in [0.2, 0.25) is 0 Å². The number of carbonyl (C=O) groups excluding carboxylic acids is 3. The van der Waals surface area contributed by atoms with Gasteiger partial charge in [-0.1, -0.05) is 12.1 Å². The van der Waals surface area contributed by atoms with Gasteiger partial charge in [-0.3, -0.25) is 14.3 Å². The molecular formula is C34H42BN8O7S. The van der Waals surface area contributed by atoms with Crippen molar-refractivity contribution in [2.24, 2.45) is 0 Å². The molecule has 3 aromatic rings. The molecule has 5 N–H and O–H groups in total. The number of nitrogens with zero attached hydrogens (tertiary/aromatic N) is 4. The average molecular weight is 718 g/mol. The van der Waals surface area contributed by atoms with E-state index in [4.69, 9.17) is 9.39 Å². The van der Waals surface area contributed by atoms with Crippen LogP contribution in [0.25, 0.3) is 10.6 Å². The number of carboxylic acid groups (broad SMARTS) is 1. The van der Waals surface area contributed by atoms with Crippen molar-refractivity contribution in [2.45, 2.75) is 64.3 Å². The molecule has 2 aliphatic rings. The van der Waals surface area contributed by atoms with Crippen molar-refractivity contribution < 1.29 is 33.7 Å². The Hall–Kier alpha value is -5.16. The first-order valence-corrected chi connectivity index (χ1v) is 17.4. The Morgan fingerprint density at radius 3 is 2.63 bits per heavy atom. The highest BCUT2D eigenvalue weighted by Gasteiger charge is 2.31. The second-order valence-corrected chi connectivity index (χ2v) is 13.9. The zero-order valence-corrected chi connectivity index (χ0v) is 29.8. The number of aromatic nitrogens is 3. The van der Waals surface area contributed by atoms with E-state index in [2.05, 4.69) is 36.2 Å². The van der Waals surface area contributed by atoms with Crippen LogP contribution < -0.4 is 21.2 Å². The SMILES string of the molecule is CO[B]NC1=CC=C(N2CCC[C@@H](NC(=O)OC(C)(C)C)C2)C(NC(=O)c2csc(-c3cnn(CCNC(=O)c4ccccc4C(=O)O)c3)n2)C1. The number of carboxylic acids is 1. The molecule has 1 radical (unpaired) electrons. The molecule has 15 nitrogen and oxygen atoms in total. The fourth-order valence-electron chi connectivity index (χ4n) is 5.78. The van der Waals surface area contributed by atoms with Crippen LogP contribution in [-0.4, -0.2) is 101 Å². The van der Waals surface area contributed by atoms with Crippen molar-refractivity contribution in [3.63, 3.8) is 0 Å². The molecule has 0 bridgehead atoms. The van der Waals surface area contributed by atoms with E-state index in [0.717, 1.165) is 30.8 Å². The minimum absolute atomic E-state index is 0.0679. The number of thiazole rings is 1. The van der Waals surface area contributed by atoms with E-state index >= 15 is 0 Å². The maximum absolute atomic E-state index is 13.6. The molecule has 1 saturated heterocycles. The van der Waals surface area contributed by atoms with Crippen molar-refractivity contribution in [1.29, 1.82) is 0 Å². The first kappa shape index (κ1) is 37.1. The molecule has 269 valence electrons. The van der Waals surface area contributed by atoms with Crippen molar-refractivity contribution in [1.82, 2.24) is 40.8 Å². The van der Waals surface area contributed by atoms with Crippen LogP contribution in [0.1, 0.15) is 71.2 Å². The molecule has 2 aromatic heterocycles. The van der Waals surface area contributed by atoms with E-state index in [1.165, 1.54) is 31.1 Å². The summed E-state index contributed by atoms with van der Waals surface area (Å²) in [5.74, 6) is -1.99. The second kappa shape index (κ2) is 16.7. The first-order chi connectivity index (χ1) is 24.4. The molecule has 1 unspecified atom stereocenters. The number of nitrogens with one attached hydrogen (secondary N) is 4. The molecule has 1 aromatic carbocycles. The minimum atomic E-state index is -1.17. The number of piperidine rings is 1. The zero-order valence-electron chi connectivity index (χ0n) is 29.0. The Bertz CT molecular complexity index is 1800. The maximum Gasteiger partial charge on any atom is 0.435 e. The molecule has 3 amide bonds. The Balaban J connectivity index is 1.20. The van der Waals surface area contributed by atoms with Gasteiger partial charge in [0.15, 0.2) is 0 Å². The van der Waals surface area contributed by atoms with Crippen molar-refractivity contribution in [3.8, 4) is 10.6 Å². The number of benzene rings is 1. The van der Waals surface area contributed by atoms with Crippen molar-refractivity contribution in [3.05, 3.63) is 82.4 Å². The van der Waals surface area contributed by atoms with Gasteiger partial charge in [-0.15, -0.1) is 11.3 Å². The smallest absolute Gasteiger partial charge is 0.435 e. The number of carbonyl (C=O) groups is 4. The Kier molecular flexibility index (Phi) is 12.2. The Labute approximate surface area is 300 Å². The highest BCUT2D eigenvalue weighted by Crippen LogP contribution is 2.27. The van der Waals surface area contributed by atoms with Gasteiger partial charge >= 0.3 is 19.7 Å². The molecule has 0 saturated carbocycles. The third-order valence-electron chi connectivity index (χ3n) is 8.06. The largest absolute Gasteiger partial charge is 0.478 e. The number of aromatic carboxylic acids is 1. The summed E-state index contributed by atoms with van der Waals surface area (Å²) in [4.78, 5) is 56.9. The van der Waals surface area contributed by atoms with E-state index in [0.29, 0.717) is 30.1 Å². The maximum atomic E-state index is 13.6. The highest BCUT2D eigenvalue weighted by atomic mass is 32.1. The number of ether oxygens (including phenoxy) is 1. The summed E-state index contributed by atoms with van der Waals surface area (Å²) in [6, 6.07) is 5.55. The van der Waals surface area contributed by atoms with E-state index < -0.39 is 23.6 Å². The highest BCUT2D eigenvalue weighted by molar-refractivity contribution is 7.13. The summed E-state index contributed by atoms with van der Waals surface area (Å²) in [5.41, 5.74) is 2.19. The third-order valence-corrected chi connectivity index (χ3v) is 8.95. The Morgan fingerprint density at radius 2 is 1.88 bits per heavy atom. The predicted molar refractivity (Wildman–Crippen MR) is 191 cm³/mol. The molecule has 51 heavy (non-hydrogen) atoms. The normalized spacial score (nSPS) is 17.5. The second-order valence-electron chi connectivity index (χ2n) is 13.1. The van der Waals surface area contributed by atoms with Crippen LogP contribution in [0.5, 0.6) is 0 Å². The van der Waals surface area contributed by atoms with Crippen LogP contribution in [-0.2, 0) is 15.9 Å². The quantitative estimate of drug-likeness (QED) is 0.163. The summed E-state index contributed by atoms with van der Waals surface area (Å²) in [7, 11) is 3.03. The molecule has 0 spiro atoms. The lowest BCUT2D eigenvalue weighted by atomic mass is 9.96. The van der Waals surface area contributed by atoms with Gasteiger partial charge in [-0.05, 0) is 57.9 Å². The number of hydrogen-bond acceptors (Lipinski definition) is 11.